The third-order valence-electron chi connectivity index (χ3n) is 1.40. The van der Waals surface area contributed by atoms with Gasteiger partial charge in [0.1, 0.15) is 13.6 Å². The molecule has 0 atom stereocenters. The first kappa shape index (κ1) is 6.87. The smallest absolute Gasteiger partial charge is 0.153 e. The van der Waals surface area contributed by atoms with Crippen LogP contribution in [0.5, 0.6) is 5.75 Å². The SMILES string of the molecule is Bc1cccc(C=O)c1O. The Hall–Kier alpha value is -1.25. The summed E-state index contributed by atoms with van der Waals surface area (Å²) in [6.07, 6.45) is 0.641. The second-order valence-corrected chi connectivity index (χ2v) is 2.13. The van der Waals surface area contributed by atoms with Gasteiger partial charge in [-0.25, -0.2) is 0 Å². The Morgan fingerprint density at radius 3 is 2.70 bits per heavy atom. The van der Waals surface area contributed by atoms with Crippen LogP contribution in [0.4, 0.5) is 0 Å². The van der Waals surface area contributed by atoms with Crippen molar-refractivity contribution in [1.29, 1.82) is 0 Å². The summed E-state index contributed by atoms with van der Waals surface area (Å²) in [5, 5.41) is 9.17. The van der Waals surface area contributed by atoms with Crippen molar-refractivity contribution in [2.24, 2.45) is 0 Å². The Bertz CT molecular complexity index is 258. The molecule has 0 unspecified atom stereocenters. The van der Waals surface area contributed by atoms with Crippen LogP contribution in [0.15, 0.2) is 18.2 Å². The van der Waals surface area contributed by atoms with Crippen LogP contribution in [0.25, 0.3) is 0 Å². The van der Waals surface area contributed by atoms with Crippen molar-refractivity contribution < 1.29 is 9.90 Å². The van der Waals surface area contributed by atoms with E-state index in [0.717, 1.165) is 5.46 Å². The number of hydrogen-bond donors (Lipinski definition) is 1. The summed E-state index contributed by atoms with van der Waals surface area (Å²) >= 11 is 0. The number of carbonyl (C=O) groups is 1. The highest BCUT2D eigenvalue weighted by atomic mass is 16.3. The van der Waals surface area contributed by atoms with Gasteiger partial charge < -0.3 is 5.11 Å². The first-order valence-corrected chi connectivity index (χ1v) is 2.99. The van der Waals surface area contributed by atoms with Gasteiger partial charge in [0.15, 0.2) is 6.29 Å². The molecule has 0 spiro atoms. The van der Waals surface area contributed by atoms with Crippen LogP contribution < -0.4 is 5.46 Å². The summed E-state index contributed by atoms with van der Waals surface area (Å²) in [4.78, 5) is 10.2. The quantitative estimate of drug-likeness (QED) is 0.413. The molecule has 0 fully saturated rings. The van der Waals surface area contributed by atoms with Gasteiger partial charge in [-0.3, -0.25) is 4.79 Å². The molecular weight excluding hydrogens is 127 g/mol. The van der Waals surface area contributed by atoms with Crippen molar-refractivity contribution in [3.05, 3.63) is 23.8 Å². The Kier molecular flexibility index (Phi) is 1.76. The monoisotopic (exact) mass is 134 g/mol. The van der Waals surface area contributed by atoms with E-state index in [-0.39, 0.29) is 5.75 Å². The summed E-state index contributed by atoms with van der Waals surface area (Å²) in [6, 6.07) is 5.07. The number of phenols is 1. The van der Waals surface area contributed by atoms with Gasteiger partial charge in [0.05, 0.1) is 5.56 Å². The van der Waals surface area contributed by atoms with E-state index < -0.39 is 0 Å². The molecule has 10 heavy (non-hydrogen) atoms. The molecule has 0 aliphatic carbocycles. The van der Waals surface area contributed by atoms with Gasteiger partial charge in [-0.05, 0) is 11.5 Å². The summed E-state index contributed by atoms with van der Waals surface area (Å²) in [5.74, 6) is 0.0810. The maximum Gasteiger partial charge on any atom is 0.153 e. The average Bonchev–Trinajstić information content (AvgIpc) is 1.95. The molecule has 50 valence electrons. The molecule has 1 aromatic carbocycles. The number of aldehydes is 1. The van der Waals surface area contributed by atoms with E-state index in [0.29, 0.717) is 11.8 Å². The third kappa shape index (κ3) is 1.03. The van der Waals surface area contributed by atoms with Gasteiger partial charge in [0, 0.05) is 0 Å². The lowest BCUT2D eigenvalue weighted by atomic mass is 9.93. The van der Waals surface area contributed by atoms with E-state index in [1.807, 2.05) is 0 Å². The van der Waals surface area contributed by atoms with Gasteiger partial charge >= 0.3 is 0 Å². The predicted molar refractivity (Wildman–Crippen MR) is 41.7 cm³/mol. The Morgan fingerprint density at radius 2 is 2.20 bits per heavy atom. The fourth-order valence-corrected chi connectivity index (χ4v) is 0.777. The van der Waals surface area contributed by atoms with Gasteiger partial charge in [-0.15, -0.1) is 0 Å². The van der Waals surface area contributed by atoms with Gasteiger partial charge in [-0.1, -0.05) is 12.1 Å². The molecular formula is C7H7BO2. The van der Waals surface area contributed by atoms with Crippen molar-refractivity contribution >= 4 is 19.6 Å². The predicted octanol–water partition coefficient (Wildman–Crippen LogP) is -0.537. The van der Waals surface area contributed by atoms with Crippen LogP contribution in [-0.4, -0.2) is 19.2 Å². The minimum Gasteiger partial charge on any atom is -0.508 e. The number of carbonyl (C=O) groups excluding carboxylic acids is 1. The summed E-state index contributed by atoms with van der Waals surface area (Å²) in [7, 11) is 1.75. The van der Waals surface area contributed by atoms with E-state index in [9.17, 15) is 4.79 Å². The fourth-order valence-electron chi connectivity index (χ4n) is 0.777. The first-order valence-electron chi connectivity index (χ1n) is 2.99. The Morgan fingerprint density at radius 1 is 1.50 bits per heavy atom. The highest BCUT2D eigenvalue weighted by Crippen LogP contribution is 2.08. The largest absolute Gasteiger partial charge is 0.508 e. The number of para-hydroxylation sites is 1. The minimum absolute atomic E-state index is 0.0810. The molecule has 2 nitrogen and oxygen atoms in total. The molecule has 1 N–H and O–H groups in total. The molecule has 3 heteroatoms. The summed E-state index contributed by atoms with van der Waals surface area (Å²) < 4.78 is 0. The zero-order valence-electron chi connectivity index (χ0n) is 5.66. The van der Waals surface area contributed by atoms with Crippen molar-refractivity contribution in [2.45, 2.75) is 0 Å². The van der Waals surface area contributed by atoms with Crippen molar-refractivity contribution in [3.8, 4) is 5.75 Å². The molecule has 0 saturated carbocycles. The zero-order chi connectivity index (χ0) is 7.56. The van der Waals surface area contributed by atoms with Gasteiger partial charge in [0.25, 0.3) is 0 Å². The van der Waals surface area contributed by atoms with Crippen molar-refractivity contribution in [3.63, 3.8) is 0 Å². The minimum atomic E-state index is 0.0810. The molecule has 0 radical (unpaired) electrons. The standard InChI is InChI=1S/C7H7BO2/c8-6-3-1-2-5(4-9)7(6)10/h1-4,10H,8H2. The molecule has 0 bridgehead atoms. The van der Waals surface area contributed by atoms with Crippen molar-refractivity contribution in [1.82, 2.24) is 0 Å². The average molecular weight is 134 g/mol. The highest BCUT2D eigenvalue weighted by Gasteiger charge is 1.99. The van der Waals surface area contributed by atoms with Crippen LogP contribution in [0.1, 0.15) is 10.4 Å². The number of phenolic OH excluding ortho intramolecular Hbond substituents is 1. The van der Waals surface area contributed by atoms with E-state index >= 15 is 0 Å². The molecule has 0 aliphatic rings. The molecule has 0 saturated heterocycles. The maximum atomic E-state index is 10.2. The second kappa shape index (κ2) is 2.56. The van der Waals surface area contributed by atoms with E-state index in [2.05, 4.69) is 0 Å². The number of aromatic hydroxyl groups is 1. The van der Waals surface area contributed by atoms with Crippen LogP contribution in [-0.2, 0) is 0 Å². The van der Waals surface area contributed by atoms with Gasteiger partial charge in [-0.2, -0.15) is 0 Å². The van der Waals surface area contributed by atoms with Crippen LogP contribution >= 0.6 is 0 Å². The number of benzene rings is 1. The lowest BCUT2D eigenvalue weighted by molar-refractivity contribution is 0.112. The second-order valence-electron chi connectivity index (χ2n) is 2.13. The summed E-state index contributed by atoms with van der Waals surface area (Å²) in [6.45, 7) is 0. The molecule has 0 aliphatic heterocycles. The molecule has 1 rings (SSSR count). The third-order valence-corrected chi connectivity index (χ3v) is 1.40. The fraction of sp³-hybridized carbons (Fsp3) is 0. The van der Waals surface area contributed by atoms with E-state index in [1.165, 1.54) is 0 Å². The van der Waals surface area contributed by atoms with Crippen LogP contribution in [0.2, 0.25) is 0 Å². The topological polar surface area (TPSA) is 37.3 Å². The molecule has 0 heterocycles. The van der Waals surface area contributed by atoms with Gasteiger partial charge in [0.2, 0.25) is 0 Å². The summed E-state index contributed by atoms with van der Waals surface area (Å²) in [5.41, 5.74) is 1.07. The maximum absolute atomic E-state index is 10.2. The Labute approximate surface area is 59.9 Å². The lowest BCUT2D eigenvalue weighted by Crippen LogP contribution is -2.03. The van der Waals surface area contributed by atoms with E-state index in [1.54, 1.807) is 26.0 Å². The van der Waals surface area contributed by atoms with Crippen molar-refractivity contribution in [2.75, 3.05) is 0 Å². The van der Waals surface area contributed by atoms with Crippen LogP contribution in [0.3, 0.4) is 0 Å². The highest BCUT2D eigenvalue weighted by molar-refractivity contribution is 6.34. The molecule has 1 aromatic rings. The van der Waals surface area contributed by atoms with E-state index in [4.69, 9.17) is 5.11 Å². The Balaban J connectivity index is 3.27. The lowest BCUT2D eigenvalue weighted by Gasteiger charge is -1.98. The number of rotatable bonds is 1. The molecule has 0 amide bonds. The van der Waals surface area contributed by atoms with Crippen LogP contribution in [0, 0.1) is 0 Å². The first-order chi connectivity index (χ1) is 4.75. The number of hydrogen-bond acceptors (Lipinski definition) is 2. The molecule has 0 aromatic heterocycles. The zero-order valence-corrected chi connectivity index (χ0v) is 5.66. The normalized spacial score (nSPS) is 9.20.